The molecule has 6 nitrogen and oxygen atoms in total. The Morgan fingerprint density at radius 2 is 1.57 bits per heavy atom. The number of hydrogen-bond acceptors (Lipinski definition) is 4. The van der Waals surface area contributed by atoms with Gasteiger partial charge in [0.1, 0.15) is 0 Å². The van der Waals surface area contributed by atoms with Crippen molar-refractivity contribution in [2.24, 2.45) is 5.73 Å². The van der Waals surface area contributed by atoms with Gasteiger partial charge in [-0.3, -0.25) is 10.1 Å². The van der Waals surface area contributed by atoms with Crippen LogP contribution in [0.4, 0.5) is 16.2 Å². The average molecular weight is 293 g/mol. The maximum Gasteiger partial charge on any atom is 0.411 e. The standard InChI is InChI=1S/C15H23N3O3/c1-21-15(20)18-13-9-7-12(8-10-13)17-14(19)6-4-2-3-5-11-16/h7-10H,2-6,11,16H2,1H3,(H,17,19)(H,18,20). The van der Waals surface area contributed by atoms with Gasteiger partial charge in [0.15, 0.2) is 0 Å². The maximum absolute atomic E-state index is 11.7. The Morgan fingerprint density at radius 3 is 2.14 bits per heavy atom. The number of carbonyl (C=O) groups is 2. The van der Waals surface area contributed by atoms with Gasteiger partial charge in [-0.05, 0) is 43.7 Å². The number of rotatable bonds is 8. The summed E-state index contributed by atoms with van der Waals surface area (Å²) in [5, 5.41) is 5.36. The Balaban J connectivity index is 2.31. The molecule has 0 aliphatic rings. The topological polar surface area (TPSA) is 93.5 Å². The number of methoxy groups -OCH3 is 1. The van der Waals surface area contributed by atoms with E-state index >= 15 is 0 Å². The molecule has 0 saturated heterocycles. The van der Waals surface area contributed by atoms with E-state index in [4.69, 9.17) is 5.73 Å². The van der Waals surface area contributed by atoms with E-state index < -0.39 is 6.09 Å². The lowest BCUT2D eigenvalue weighted by Crippen LogP contribution is -2.12. The summed E-state index contributed by atoms with van der Waals surface area (Å²) in [6.07, 6.45) is 3.95. The second kappa shape index (κ2) is 9.77. The minimum atomic E-state index is -0.524. The van der Waals surface area contributed by atoms with Crippen molar-refractivity contribution in [3.05, 3.63) is 24.3 Å². The second-order valence-corrected chi connectivity index (χ2v) is 4.69. The highest BCUT2D eigenvalue weighted by molar-refractivity contribution is 5.91. The molecule has 0 atom stereocenters. The first-order valence-corrected chi connectivity index (χ1v) is 7.10. The van der Waals surface area contributed by atoms with Crippen LogP contribution in [0.5, 0.6) is 0 Å². The number of amides is 2. The van der Waals surface area contributed by atoms with E-state index in [2.05, 4.69) is 15.4 Å². The van der Waals surface area contributed by atoms with Crippen LogP contribution in [0.3, 0.4) is 0 Å². The molecule has 0 unspecified atom stereocenters. The molecule has 0 aliphatic carbocycles. The molecule has 2 amide bonds. The Hall–Kier alpha value is -2.08. The highest BCUT2D eigenvalue weighted by Gasteiger charge is 2.03. The van der Waals surface area contributed by atoms with Crippen LogP contribution in [0.25, 0.3) is 0 Å². The van der Waals surface area contributed by atoms with Crippen molar-refractivity contribution in [2.45, 2.75) is 32.1 Å². The van der Waals surface area contributed by atoms with E-state index in [1.54, 1.807) is 24.3 Å². The van der Waals surface area contributed by atoms with Gasteiger partial charge >= 0.3 is 6.09 Å². The van der Waals surface area contributed by atoms with E-state index in [1.165, 1.54) is 7.11 Å². The first kappa shape index (κ1) is 17.0. The van der Waals surface area contributed by atoms with Crippen LogP contribution < -0.4 is 16.4 Å². The summed E-state index contributed by atoms with van der Waals surface area (Å²) >= 11 is 0. The number of unbranched alkanes of at least 4 members (excludes halogenated alkanes) is 3. The van der Waals surface area contributed by atoms with Gasteiger partial charge in [0.2, 0.25) is 5.91 Å². The fourth-order valence-corrected chi connectivity index (χ4v) is 1.81. The van der Waals surface area contributed by atoms with Gasteiger partial charge in [0.25, 0.3) is 0 Å². The molecular weight excluding hydrogens is 270 g/mol. The molecule has 0 heterocycles. The van der Waals surface area contributed by atoms with Gasteiger partial charge in [-0.1, -0.05) is 12.8 Å². The number of benzene rings is 1. The molecule has 21 heavy (non-hydrogen) atoms. The van der Waals surface area contributed by atoms with Crippen LogP contribution in [0.2, 0.25) is 0 Å². The van der Waals surface area contributed by atoms with E-state index in [0.717, 1.165) is 25.7 Å². The van der Waals surface area contributed by atoms with Crippen molar-refractivity contribution in [3.8, 4) is 0 Å². The summed E-state index contributed by atoms with van der Waals surface area (Å²) < 4.78 is 4.49. The molecule has 6 heteroatoms. The zero-order valence-electron chi connectivity index (χ0n) is 12.4. The van der Waals surface area contributed by atoms with E-state index in [1.807, 2.05) is 0 Å². The highest BCUT2D eigenvalue weighted by Crippen LogP contribution is 2.14. The summed E-state index contributed by atoms with van der Waals surface area (Å²) in [6.45, 7) is 0.707. The smallest absolute Gasteiger partial charge is 0.411 e. The van der Waals surface area contributed by atoms with Crippen molar-refractivity contribution in [2.75, 3.05) is 24.3 Å². The zero-order valence-corrected chi connectivity index (χ0v) is 12.4. The van der Waals surface area contributed by atoms with Crippen molar-refractivity contribution < 1.29 is 14.3 Å². The molecular formula is C15H23N3O3. The molecule has 4 N–H and O–H groups in total. The van der Waals surface area contributed by atoms with E-state index in [-0.39, 0.29) is 5.91 Å². The van der Waals surface area contributed by atoms with Gasteiger partial charge in [-0.25, -0.2) is 4.79 Å². The number of carbonyl (C=O) groups excluding carboxylic acids is 2. The summed E-state index contributed by atoms with van der Waals surface area (Å²) in [6, 6.07) is 6.87. The fourth-order valence-electron chi connectivity index (χ4n) is 1.81. The lowest BCUT2D eigenvalue weighted by molar-refractivity contribution is -0.116. The number of nitrogens with one attached hydrogen (secondary N) is 2. The first-order valence-electron chi connectivity index (χ1n) is 7.10. The molecule has 0 bridgehead atoms. The average Bonchev–Trinajstić information content (AvgIpc) is 2.49. The lowest BCUT2D eigenvalue weighted by atomic mass is 10.1. The Labute approximate surface area is 125 Å². The third-order valence-corrected chi connectivity index (χ3v) is 2.96. The number of ether oxygens (including phenoxy) is 1. The molecule has 1 aromatic carbocycles. The van der Waals surface area contributed by atoms with Crippen LogP contribution in [-0.4, -0.2) is 25.7 Å². The highest BCUT2D eigenvalue weighted by atomic mass is 16.5. The normalized spacial score (nSPS) is 10.0. The zero-order chi connectivity index (χ0) is 15.5. The van der Waals surface area contributed by atoms with Crippen LogP contribution in [0, 0.1) is 0 Å². The SMILES string of the molecule is COC(=O)Nc1ccc(NC(=O)CCCCCCN)cc1. The van der Waals surface area contributed by atoms with Gasteiger partial charge in [-0.15, -0.1) is 0 Å². The van der Waals surface area contributed by atoms with Crippen LogP contribution in [0.15, 0.2) is 24.3 Å². The van der Waals surface area contributed by atoms with Crippen molar-refractivity contribution >= 4 is 23.4 Å². The summed E-state index contributed by atoms with van der Waals surface area (Å²) in [5.41, 5.74) is 6.73. The molecule has 116 valence electrons. The minimum absolute atomic E-state index is 0.00331. The molecule has 0 radical (unpaired) electrons. The molecule has 0 aliphatic heterocycles. The summed E-state index contributed by atoms with van der Waals surface area (Å²) in [4.78, 5) is 22.8. The van der Waals surface area contributed by atoms with Crippen molar-refractivity contribution in [1.29, 1.82) is 0 Å². The minimum Gasteiger partial charge on any atom is -0.453 e. The Bertz CT molecular complexity index is 446. The summed E-state index contributed by atoms with van der Waals surface area (Å²) in [5.74, 6) is -0.00331. The molecule has 0 aromatic heterocycles. The monoisotopic (exact) mass is 293 g/mol. The predicted molar refractivity (Wildman–Crippen MR) is 83.2 cm³/mol. The molecule has 1 aromatic rings. The predicted octanol–water partition coefficient (Wildman–Crippen LogP) is 2.71. The van der Waals surface area contributed by atoms with E-state index in [9.17, 15) is 9.59 Å². The van der Waals surface area contributed by atoms with Gasteiger partial charge in [-0.2, -0.15) is 0 Å². The van der Waals surface area contributed by atoms with E-state index in [0.29, 0.717) is 24.3 Å². The number of nitrogens with two attached hydrogens (primary N) is 1. The van der Waals surface area contributed by atoms with Crippen molar-refractivity contribution in [3.63, 3.8) is 0 Å². The quantitative estimate of drug-likeness (QED) is 0.642. The maximum atomic E-state index is 11.7. The van der Waals surface area contributed by atoms with Gasteiger partial charge in [0, 0.05) is 17.8 Å². The Kier molecular flexibility index (Phi) is 7.89. The van der Waals surface area contributed by atoms with Gasteiger partial charge < -0.3 is 15.8 Å². The Morgan fingerprint density at radius 1 is 1.00 bits per heavy atom. The largest absolute Gasteiger partial charge is 0.453 e. The molecule has 0 fully saturated rings. The first-order chi connectivity index (χ1) is 10.2. The van der Waals surface area contributed by atoms with Crippen LogP contribution >= 0.6 is 0 Å². The number of anilines is 2. The van der Waals surface area contributed by atoms with Crippen molar-refractivity contribution in [1.82, 2.24) is 0 Å². The van der Waals surface area contributed by atoms with Crippen LogP contribution in [0.1, 0.15) is 32.1 Å². The number of hydrogen-bond donors (Lipinski definition) is 3. The molecule has 1 rings (SSSR count). The molecule has 0 saturated carbocycles. The van der Waals surface area contributed by atoms with Gasteiger partial charge in [0.05, 0.1) is 7.11 Å². The molecule has 0 spiro atoms. The fraction of sp³-hybridized carbons (Fsp3) is 0.467. The second-order valence-electron chi connectivity index (χ2n) is 4.69. The summed E-state index contributed by atoms with van der Waals surface area (Å²) in [7, 11) is 1.30. The third kappa shape index (κ3) is 7.31. The third-order valence-electron chi connectivity index (χ3n) is 2.96. The lowest BCUT2D eigenvalue weighted by Gasteiger charge is -2.07. The van der Waals surface area contributed by atoms with Crippen LogP contribution in [-0.2, 0) is 9.53 Å².